The van der Waals surface area contributed by atoms with Crippen LogP contribution in [0.1, 0.15) is 96.5 Å². The van der Waals surface area contributed by atoms with Crippen molar-refractivity contribution in [1.29, 1.82) is 10.5 Å². The summed E-state index contributed by atoms with van der Waals surface area (Å²) in [6, 6.07) is 36.1. The fraction of sp³-hybridized carbons (Fsp3) is 0.227. The monoisotopic (exact) mass is 668 g/mol. The van der Waals surface area contributed by atoms with Crippen LogP contribution in [-0.2, 0) is 17.6 Å². The van der Waals surface area contributed by atoms with E-state index in [1.807, 2.05) is 24.3 Å². The molecule has 0 bridgehead atoms. The summed E-state index contributed by atoms with van der Waals surface area (Å²) in [7, 11) is 0. The first-order chi connectivity index (χ1) is 25.1. The van der Waals surface area contributed by atoms with Crippen LogP contribution in [0.3, 0.4) is 0 Å². The number of nitriles is 2. The highest BCUT2D eigenvalue weighted by Crippen LogP contribution is 2.36. The van der Waals surface area contributed by atoms with E-state index < -0.39 is 12.2 Å². The summed E-state index contributed by atoms with van der Waals surface area (Å²) in [5, 5.41) is 18.4. The van der Waals surface area contributed by atoms with Gasteiger partial charge in [-0.2, -0.15) is 10.5 Å². The van der Waals surface area contributed by atoms with Gasteiger partial charge in [-0.1, -0.05) is 99.5 Å². The molecule has 0 saturated carbocycles. The molecule has 2 heterocycles. The molecule has 0 aliphatic rings. The minimum absolute atomic E-state index is 0.558. The third-order valence-corrected chi connectivity index (χ3v) is 8.98. The minimum atomic E-state index is -0.558. The van der Waals surface area contributed by atoms with E-state index in [4.69, 9.17) is 24.7 Å². The Balaban J connectivity index is 1.38. The Morgan fingerprint density at radius 3 is 1.22 bits per heavy atom. The van der Waals surface area contributed by atoms with Crippen LogP contribution in [-0.4, -0.2) is 19.9 Å². The van der Waals surface area contributed by atoms with Crippen LogP contribution < -0.4 is 0 Å². The maximum atomic E-state index is 9.22. The Morgan fingerprint density at radius 2 is 0.902 bits per heavy atom. The second-order valence-electron chi connectivity index (χ2n) is 12.6. The van der Waals surface area contributed by atoms with Gasteiger partial charge in [0.25, 0.3) is 0 Å². The van der Waals surface area contributed by atoms with Crippen molar-refractivity contribution in [3.05, 3.63) is 167 Å². The van der Waals surface area contributed by atoms with Crippen molar-refractivity contribution in [2.75, 3.05) is 0 Å². The highest BCUT2D eigenvalue weighted by molar-refractivity contribution is 5.60. The van der Waals surface area contributed by atoms with Crippen LogP contribution in [0.25, 0.3) is 22.5 Å². The van der Waals surface area contributed by atoms with Crippen LogP contribution in [0.2, 0.25) is 0 Å². The molecule has 0 N–H and O–H groups in total. The van der Waals surface area contributed by atoms with E-state index in [0.717, 1.165) is 60.8 Å². The van der Waals surface area contributed by atoms with Crippen molar-refractivity contribution in [3.8, 4) is 34.7 Å². The second-order valence-corrected chi connectivity index (χ2v) is 12.6. The fourth-order valence-electron chi connectivity index (χ4n) is 5.93. The summed E-state index contributed by atoms with van der Waals surface area (Å²) in [6.07, 6.45) is 12.5. The topological polar surface area (TPSA) is 108 Å². The predicted octanol–water partition coefficient (Wildman–Crippen LogP) is 9.92. The van der Waals surface area contributed by atoms with Crippen molar-refractivity contribution >= 4 is 0 Å². The van der Waals surface area contributed by atoms with Crippen molar-refractivity contribution < 1.29 is 4.74 Å². The number of nitrogens with zero attached hydrogens (tertiary/aromatic N) is 6. The molecule has 6 aromatic rings. The SMILES string of the molecule is CCCCc1ccc(C(OC(c2ccc(CCCC)cc2)c2cnc(-c3ccc(C#N)cc3)cn2)c2cnc(-c3ccc(C#N)cc3)cn2)cc1. The maximum Gasteiger partial charge on any atom is 0.127 e. The van der Waals surface area contributed by atoms with E-state index in [9.17, 15) is 10.5 Å². The number of aryl methyl sites for hydroxylation is 2. The molecule has 0 saturated heterocycles. The van der Waals surface area contributed by atoms with Crippen molar-refractivity contribution in [1.82, 2.24) is 19.9 Å². The van der Waals surface area contributed by atoms with Crippen LogP contribution in [0, 0.1) is 22.7 Å². The summed E-state index contributed by atoms with van der Waals surface area (Å²) >= 11 is 0. The summed E-state index contributed by atoms with van der Waals surface area (Å²) in [4.78, 5) is 19.4. The lowest BCUT2D eigenvalue weighted by molar-refractivity contribution is 0.0258. The van der Waals surface area contributed by atoms with Gasteiger partial charge in [-0.25, -0.2) is 0 Å². The maximum absolute atomic E-state index is 9.22. The first-order valence-corrected chi connectivity index (χ1v) is 17.6. The zero-order valence-electron chi connectivity index (χ0n) is 29.0. The smallest absolute Gasteiger partial charge is 0.127 e. The molecule has 2 atom stereocenters. The number of rotatable bonds is 14. The molecule has 2 aromatic heterocycles. The molecule has 0 radical (unpaired) electrons. The molecule has 0 amide bonds. The van der Waals surface area contributed by atoms with Gasteiger partial charge in [0, 0.05) is 11.1 Å². The number of unbranched alkanes of at least 4 members (excludes halogenated alkanes) is 2. The largest absolute Gasteiger partial charge is 0.353 e. The number of benzene rings is 4. The van der Waals surface area contributed by atoms with Crippen molar-refractivity contribution in [2.24, 2.45) is 0 Å². The van der Waals surface area contributed by atoms with Crippen LogP contribution in [0.4, 0.5) is 0 Å². The average Bonchev–Trinajstić information content (AvgIpc) is 3.20. The quantitative estimate of drug-likeness (QED) is 0.114. The summed E-state index contributed by atoms with van der Waals surface area (Å²) in [5.41, 5.74) is 10.2. The summed E-state index contributed by atoms with van der Waals surface area (Å²) in [6.45, 7) is 4.41. The van der Waals surface area contributed by atoms with Gasteiger partial charge in [0.2, 0.25) is 0 Å². The van der Waals surface area contributed by atoms with E-state index in [1.165, 1.54) is 11.1 Å². The molecule has 0 fully saturated rings. The van der Waals surface area contributed by atoms with Crippen molar-refractivity contribution in [2.45, 2.75) is 64.6 Å². The Bertz CT molecular complexity index is 1920. The zero-order chi connectivity index (χ0) is 35.4. The van der Waals surface area contributed by atoms with E-state index >= 15 is 0 Å². The Hall–Kier alpha value is -6.02. The van der Waals surface area contributed by atoms with Gasteiger partial charge in [-0.05, 0) is 72.2 Å². The first kappa shape index (κ1) is 34.8. The van der Waals surface area contributed by atoms with E-state index in [-0.39, 0.29) is 0 Å². The van der Waals surface area contributed by atoms with Gasteiger partial charge < -0.3 is 4.74 Å². The molecule has 0 spiro atoms. The number of ether oxygens (including phenoxy) is 1. The van der Waals surface area contributed by atoms with Gasteiger partial charge in [-0.15, -0.1) is 0 Å². The molecule has 0 aliphatic carbocycles. The van der Waals surface area contributed by atoms with E-state index in [0.29, 0.717) is 33.9 Å². The molecule has 252 valence electrons. The lowest BCUT2D eigenvalue weighted by Crippen LogP contribution is -2.16. The lowest BCUT2D eigenvalue weighted by Gasteiger charge is -2.25. The normalized spacial score (nSPS) is 12.1. The number of hydrogen-bond donors (Lipinski definition) is 0. The molecule has 0 aliphatic heterocycles. The molecule has 6 rings (SSSR count). The molecule has 2 unspecified atom stereocenters. The third-order valence-electron chi connectivity index (χ3n) is 8.98. The van der Waals surface area contributed by atoms with Crippen molar-refractivity contribution in [3.63, 3.8) is 0 Å². The third kappa shape index (κ3) is 8.78. The lowest BCUT2D eigenvalue weighted by atomic mass is 9.99. The zero-order valence-corrected chi connectivity index (χ0v) is 29.0. The minimum Gasteiger partial charge on any atom is -0.353 e. The molecule has 4 aromatic carbocycles. The Labute approximate surface area is 300 Å². The van der Waals surface area contributed by atoms with Crippen LogP contribution in [0.5, 0.6) is 0 Å². The summed E-state index contributed by atoms with van der Waals surface area (Å²) in [5.74, 6) is 0. The Kier molecular flexibility index (Phi) is 11.7. The average molecular weight is 669 g/mol. The summed E-state index contributed by atoms with van der Waals surface area (Å²) < 4.78 is 7.11. The van der Waals surface area contributed by atoms with Gasteiger partial charge in [0.15, 0.2) is 0 Å². The molecular formula is C44H40N6O. The molecular weight excluding hydrogens is 629 g/mol. The van der Waals surface area contributed by atoms with Gasteiger partial charge in [0.1, 0.15) is 12.2 Å². The molecule has 7 nitrogen and oxygen atoms in total. The van der Waals surface area contributed by atoms with Crippen LogP contribution >= 0.6 is 0 Å². The van der Waals surface area contributed by atoms with Crippen LogP contribution in [0.15, 0.2) is 122 Å². The second kappa shape index (κ2) is 17.1. The van der Waals surface area contributed by atoms with Gasteiger partial charge in [-0.3, -0.25) is 19.9 Å². The number of aromatic nitrogens is 4. The standard InChI is InChI=1S/C44H40N6O/c1-3-5-7-31-9-21-37(22-10-31)43(41-29-47-39(27-49-41)35-17-13-33(25-45)14-18-35)51-44(38-23-11-32(12-24-38)8-6-4-2)42-30-48-40(28-50-42)36-19-15-34(26-46)16-20-36/h9-24,27-30,43-44H,3-8H2,1-2H3. The molecule has 7 heteroatoms. The highest BCUT2D eigenvalue weighted by Gasteiger charge is 2.26. The van der Waals surface area contributed by atoms with E-state index in [2.05, 4.69) is 74.5 Å². The highest BCUT2D eigenvalue weighted by atomic mass is 16.5. The predicted molar refractivity (Wildman–Crippen MR) is 199 cm³/mol. The Morgan fingerprint density at radius 1 is 0.510 bits per heavy atom. The van der Waals surface area contributed by atoms with Gasteiger partial charge >= 0.3 is 0 Å². The van der Waals surface area contributed by atoms with Gasteiger partial charge in [0.05, 0.1) is 70.8 Å². The molecule has 51 heavy (non-hydrogen) atoms. The fourth-order valence-corrected chi connectivity index (χ4v) is 5.93. The number of hydrogen-bond acceptors (Lipinski definition) is 7. The van der Waals surface area contributed by atoms with E-state index in [1.54, 1.807) is 49.1 Å². The first-order valence-electron chi connectivity index (χ1n) is 17.6.